The summed E-state index contributed by atoms with van der Waals surface area (Å²) in [7, 11) is 0. The van der Waals surface area contributed by atoms with Crippen LogP contribution in [-0.4, -0.2) is 56.1 Å². The smallest absolute Gasteiger partial charge is 0.227 e. The van der Waals surface area contributed by atoms with Crippen molar-refractivity contribution >= 4 is 23.0 Å². The first-order valence-corrected chi connectivity index (χ1v) is 8.98. The molecule has 8 heteroatoms. The summed E-state index contributed by atoms with van der Waals surface area (Å²) in [6, 6.07) is 0. The number of amides is 2. The van der Waals surface area contributed by atoms with Gasteiger partial charge < -0.3 is 10.2 Å². The molecule has 1 aliphatic rings. The van der Waals surface area contributed by atoms with Crippen LogP contribution < -0.4 is 5.32 Å². The Hall–Kier alpha value is -2.51. The van der Waals surface area contributed by atoms with Crippen molar-refractivity contribution in [3.8, 4) is 0 Å². The summed E-state index contributed by atoms with van der Waals surface area (Å²) in [5.41, 5.74) is 2.01. The molecule has 26 heavy (non-hydrogen) atoms. The first-order chi connectivity index (χ1) is 12.3. The second kappa shape index (κ2) is 7.01. The zero-order valence-corrected chi connectivity index (χ0v) is 15.8. The van der Waals surface area contributed by atoms with Gasteiger partial charge in [-0.3, -0.25) is 9.59 Å². The van der Waals surface area contributed by atoms with Crippen LogP contribution in [0.25, 0.3) is 11.2 Å². The van der Waals surface area contributed by atoms with Gasteiger partial charge in [-0.05, 0) is 6.42 Å². The van der Waals surface area contributed by atoms with Crippen molar-refractivity contribution in [3.63, 3.8) is 0 Å². The first-order valence-electron chi connectivity index (χ1n) is 8.98. The molecule has 0 aliphatic carbocycles. The molecule has 1 N–H and O–H groups in total. The maximum absolute atomic E-state index is 12.5. The summed E-state index contributed by atoms with van der Waals surface area (Å²) >= 11 is 0. The van der Waals surface area contributed by atoms with Crippen LogP contribution in [0.2, 0.25) is 0 Å². The zero-order valence-electron chi connectivity index (χ0n) is 15.8. The lowest BCUT2D eigenvalue weighted by Gasteiger charge is -2.25. The van der Waals surface area contributed by atoms with Gasteiger partial charge in [-0.15, -0.1) is 0 Å². The highest BCUT2D eigenvalue weighted by molar-refractivity contribution is 5.82. The second-order valence-corrected chi connectivity index (χ2v) is 7.81. The van der Waals surface area contributed by atoms with Gasteiger partial charge in [0, 0.05) is 50.3 Å². The average Bonchev–Trinajstić information content (AvgIpc) is 3.18. The Bertz CT molecular complexity index is 823. The van der Waals surface area contributed by atoms with Gasteiger partial charge in [0.25, 0.3) is 0 Å². The minimum atomic E-state index is -0.380. The third-order valence-corrected chi connectivity index (χ3v) is 4.60. The number of likely N-dealkylation sites (tertiary alicyclic amines) is 1. The minimum Gasteiger partial charge on any atom is -0.354 e. The predicted molar refractivity (Wildman–Crippen MR) is 97.4 cm³/mol. The Morgan fingerprint density at radius 2 is 2.00 bits per heavy atom. The number of nitrogens with zero attached hydrogens (tertiary/aromatic N) is 5. The highest BCUT2D eigenvalue weighted by atomic mass is 16.2. The van der Waals surface area contributed by atoms with Gasteiger partial charge in [0.15, 0.2) is 5.65 Å². The van der Waals surface area contributed by atoms with E-state index in [1.165, 1.54) is 6.92 Å². The molecule has 0 saturated carbocycles. The normalized spacial score (nSPS) is 17.7. The maximum atomic E-state index is 12.5. The molecule has 0 bridgehead atoms. The van der Waals surface area contributed by atoms with E-state index in [4.69, 9.17) is 5.10 Å². The highest BCUT2D eigenvalue weighted by Crippen LogP contribution is 2.32. The minimum absolute atomic E-state index is 0.0695. The molecule has 1 atom stereocenters. The standard InChI is InChI=1S/C18H26N6O2/c1-12(25)19-8-10-24-16-15(20-6-7-21-16)14(22-24)13-5-9-23(11-13)17(26)18(2,3)4/h6-7,13H,5,8-11H2,1-4H3,(H,19,25). The lowest BCUT2D eigenvalue weighted by Crippen LogP contribution is -2.37. The molecule has 1 fully saturated rings. The molecule has 3 rings (SSSR count). The Balaban J connectivity index is 1.82. The van der Waals surface area contributed by atoms with Crippen molar-refractivity contribution in [1.29, 1.82) is 0 Å². The Morgan fingerprint density at radius 3 is 2.69 bits per heavy atom. The van der Waals surface area contributed by atoms with Gasteiger partial charge in [0.2, 0.25) is 11.8 Å². The number of nitrogens with one attached hydrogen (secondary N) is 1. The van der Waals surface area contributed by atoms with Gasteiger partial charge in [-0.1, -0.05) is 20.8 Å². The molecule has 8 nitrogen and oxygen atoms in total. The summed E-state index contributed by atoms with van der Waals surface area (Å²) in [6.45, 7) is 9.74. The summed E-state index contributed by atoms with van der Waals surface area (Å²) in [5, 5.41) is 7.50. The van der Waals surface area contributed by atoms with E-state index >= 15 is 0 Å². The molecule has 0 spiro atoms. The van der Waals surface area contributed by atoms with Crippen molar-refractivity contribution in [1.82, 2.24) is 30.0 Å². The second-order valence-electron chi connectivity index (χ2n) is 7.81. The van der Waals surface area contributed by atoms with Crippen molar-refractivity contribution in [3.05, 3.63) is 18.1 Å². The first kappa shape index (κ1) is 18.3. The molecule has 3 heterocycles. The summed E-state index contributed by atoms with van der Waals surface area (Å²) < 4.78 is 1.79. The van der Waals surface area contributed by atoms with E-state index in [0.29, 0.717) is 25.3 Å². The van der Waals surface area contributed by atoms with E-state index in [-0.39, 0.29) is 23.1 Å². The number of hydrogen-bond donors (Lipinski definition) is 1. The molecule has 2 aromatic heterocycles. The quantitative estimate of drug-likeness (QED) is 0.890. The number of carbonyl (C=O) groups is 2. The van der Waals surface area contributed by atoms with Crippen LogP contribution in [0.15, 0.2) is 12.4 Å². The summed E-state index contributed by atoms with van der Waals surface area (Å²) in [6.07, 6.45) is 4.18. The van der Waals surface area contributed by atoms with Crippen LogP contribution in [0.3, 0.4) is 0 Å². The molecule has 2 amide bonds. The van der Waals surface area contributed by atoms with Crippen molar-refractivity contribution in [2.45, 2.75) is 46.6 Å². The summed E-state index contributed by atoms with van der Waals surface area (Å²) in [4.78, 5) is 34.4. The fraction of sp³-hybridized carbons (Fsp3) is 0.611. The number of aromatic nitrogens is 4. The predicted octanol–water partition coefficient (Wildman–Crippen LogP) is 1.32. The molecule has 140 valence electrons. The summed E-state index contributed by atoms with van der Waals surface area (Å²) in [5.74, 6) is 0.253. The third-order valence-electron chi connectivity index (χ3n) is 4.60. The fourth-order valence-corrected chi connectivity index (χ4v) is 3.34. The number of fused-ring (bicyclic) bond motifs is 1. The van der Waals surface area contributed by atoms with E-state index in [1.807, 2.05) is 25.7 Å². The topological polar surface area (TPSA) is 93.0 Å². The molecule has 1 aliphatic heterocycles. The molecular formula is C18H26N6O2. The average molecular weight is 358 g/mol. The molecule has 2 aromatic rings. The molecular weight excluding hydrogens is 332 g/mol. The van der Waals surface area contributed by atoms with Crippen LogP contribution in [-0.2, 0) is 16.1 Å². The molecule has 1 unspecified atom stereocenters. The Kier molecular flexibility index (Phi) is 4.93. The fourth-order valence-electron chi connectivity index (χ4n) is 3.34. The van der Waals surface area contributed by atoms with Crippen LogP contribution in [0.4, 0.5) is 0 Å². The van der Waals surface area contributed by atoms with Gasteiger partial charge in [0.05, 0.1) is 12.2 Å². The Morgan fingerprint density at radius 1 is 1.27 bits per heavy atom. The van der Waals surface area contributed by atoms with E-state index in [9.17, 15) is 9.59 Å². The van der Waals surface area contributed by atoms with Gasteiger partial charge in [0.1, 0.15) is 5.52 Å². The van der Waals surface area contributed by atoms with Gasteiger partial charge >= 0.3 is 0 Å². The number of rotatable bonds is 4. The maximum Gasteiger partial charge on any atom is 0.227 e. The van der Waals surface area contributed by atoms with E-state index in [2.05, 4.69) is 15.3 Å². The van der Waals surface area contributed by atoms with E-state index < -0.39 is 0 Å². The highest BCUT2D eigenvalue weighted by Gasteiger charge is 2.35. The largest absolute Gasteiger partial charge is 0.354 e. The van der Waals surface area contributed by atoms with Crippen LogP contribution >= 0.6 is 0 Å². The third kappa shape index (κ3) is 3.68. The van der Waals surface area contributed by atoms with Crippen molar-refractivity contribution in [2.75, 3.05) is 19.6 Å². The number of carbonyl (C=O) groups excluding carboxylic acids is 2. The van der Waals surface area contributed by atoms with Crippen LogP contribution in [0, 0.1) is 5.41 Å². The monoisotopic (exact) mass is 358 g/mol. The lowest BCUT2D eigenvalue weighted by molar-refractivity contribution is -0.138. The van der Waals surface area contributed by atoms with Crippen LogP contribution in [0.5, 0.6) is 0 Å². The Labute approximate surface area is 153 Å². The lowest BCUT2D eigenvalue weighted by atomic mass is 9.95. The van der Waals surface area contributed by atoms with E-state index in [1.54, 1.807) is 17.1 Å². The van der Waals surface area contributed by atoms with Crippen molar-refractivity contribution in [2.24, 2.45) is 5.41 Å². The van der Waals surface area contributed by atoms with Gasteiger partial charge in [-0.2, -0.15) is 5.10 Å². The SMILES string of the molecule is CC(=O)NCCn1nc(C2CCN(C(=O)C(C)(C)C)C2)c2nccnc21. The van der Waals surface area contributed by atoms with Gasteiger partial charge in [-0.25, -0.2) is 14.6 Å². The van der Waals surface area contributed by atoms with Crippen LogP contribution in [0.1, 0.15) is 45.7 Å². The molecule has 1 saturated heterocycles. The number of hydrogen-bond acceptors (Lipinski definition) is 5. The van der Waals surface area contributed by atoms with Crippen molar-refractivity contribution < 1.29 is 9.59 Å². The zero-order chi connectivity index (χ0) is 18.9. The molecule has 0 aromatic carbocycles. The van der Waals surface area contributed by atoms with E-state index in [0.717, 1.165) is 24.2 Å². The molecule has 0 radical (unpaired) electrons.